The van der Waals surface area contributed by atoms with Crippen molar-refractivity contribution in [3.8, 4) is 17.2 Å². The molecule has 1 aromatic carbocycles. The van der Waals surface area contributed by atoms with Gasteiger partial charge in [0.05, 0.1) is 0 Å². The van der Waals surface area contributed by atoms with E-state index in [1.54, 1.807) is 0 Å². The van der Waals surface area contributed by atoms with Crippen LogP contribution >= 0.6 is 0 Å². The molecule has 1 saturated carbocycles. The predicted octanol–water partition coefficient (Wildman–Crippen LogP) is 3.39. The number of phenols is 1. The standard InChI is InChI=1S/C15H17FN2O3/c1-2-20-15(8-3-4-9-15)14-17-13(21-18-14)12-10(16)6-5-7-11(12)19/h5-7,19H,2-4,8-9H2,1H3. The molecule has 1 aliphatic rings. The zero-order valence-corrected chi connectivity index (χ0v) is 11.8. The molecule has 5 nitrogen and oxygen atoms in total. The van der Waals surface area contributed by atoms with Crippen molar-refractivity contribution in [3.63, 3.8) is 0 Å². The Morgan fingerprint density at radius 3 is 2.81 bits per heavy atom. The molecule has 0 amide bonds. The lowest BCUT2D eigenvalue weighted by Crippen LogP contribution is -2.27. The first-order chi connectivity index (χ1) is 10.2. The molecule has 0 aliphatic heterocycles. The van der Waals surface area contributed by atoms with E-state index in [2.05, 4.69) is 10.1 Å². The molecule has 0 saturated heterocycles. The molecule has 3 rings (SSSR count). The molecule has 112 valence electrons. The van der Waals surface area contributed by atoms with Crippen molar-refractivity contribution >= 4 is 0 Å². The Morgan fingerprint density at radius 2 is 2.14 bits per heavy atom. The Hall–Kier alpha value is -1.95. The van der Waals surface area contributed by atoms with E-state index < -0.39 is 11.4 Å². The number of rotatable bonds is 4. The maximum atomic E-state index is 13.8. The van der Waals surface area contributed by atoms with Crippen molar-refractivity contribution in [1.29, 1.82) is 0 Å². The van der Waals surface area contributed by atoms with Gasteiger partial charge < -0.3 is 14.4 Å². The molecule has 21 heavy (non-hydrogen) atoms. The number of aromatic hydroxyl groups is 1. The van der Waals surface area contributed by atoms with Gasteiger partial charge in [-0.1, -0.05) is 11.2 Å². The molecule has 1 aromatic heterocycles. The van der Waals surface area contributed by atoms with E-state index in [0.29, 0.717) is 12.4 Å². The SMILES string of the molecule is CCOC1(c2noc(-c3c(O)cccc3F)n2)CCCC1. The van der Waals surface area contributed by atoms with Crippen molar-refractivity contribution in [1.82, 2.24) is 10.1 Å². The summed E-state index contributed by atoms with van der Waals surface area (Å²) in [4.78, 5) is 4.27. The number of hydrogen-bond donors (Lipinski definition) is 1. The molecule has 1 fully saturated rings. The molecular weight excluding hydrogens is 275 g/mol. The largest absolute Gasteiger partial charge is 0.507 e. The van der Waals surface area contributed by atoms with Crippen LogP contribution in [0.15, 0.2) is 22.7 Å². The normalized spacial score (nSPS) is 17.2. The van der Waals surface area contributed by atoms with Gasteiger partial charge in [-0.15, -0.1) is 0 Å². The fourth-order valence-electron chi connectivity index (χ4n) is 2.89. The van der Waals surface area contributed by atoms with Gasteiger partial charge in [0.2, 0.25) is 5.82 Å². The van der Waals surface area contributed by atoms with Crippen LogP contribution in [-0.4, -0.2) is 21.9 Å². The van der Waals surface area contributed by atoms with Crippen molar-refractivity contribution in [2.24, 2.45) is 0 Å². The van der Waals surface area contributed by atoms with E-state index in [4.69, 9.17) is 9.26 Å². The number of aromatic nitrogens is 2. The van der Waals surface area contributed by atoms with Crippen LogP contribution in [0.5, 0.6) is 5.75 Å². The van der Waals surface area contributed by atoms with E-state index in [1.807, 2.05) is 6.92 Å². The molecule has 0 atom stereocenters. The van der Waals surface area contributed by atoms with Crippen LogP contribution in [0.25, 0.3) is 11.5 Å². The quantitative estimate of drug-likeness (QED) is 0.935. The summed E-state index contributed by atoms with van der Waals surface area (Å²) in [6.07, 6.45) is 3.72. The number of phenolic OH excluding ortho intramolecular Hbond substituents is 1. The number of hydrogen-bond acceptors (Lipinski definition) is 5. The minimum absolute atomic E-state index is 0.0217. The summed E-state index contributed by atoms with van der Waals surface area (Å²) in [5.41, 5.74) is -0.613. The van der Waals surface area contributed by atoms with Crippen LogP contribution in [-0.2, 0) is 10.3 Å². The minimum atomic E-state index is -0.595. The van der Waals surface area contributed by atoms with Gasteiger partial charge >= 0.3 is 0 Å². The molecule has 0 spiro atoms. The minimum Gasteiger partial charge on any atom is -0.507 e. The molecule has 6 heteroatoms. The van der Waals surface area contributed by atoms with Gasteiger partial charge in [0.1, 0.15) is 22.7 Å². The van der Waals surface area contributed by atoms with E-state index in [0.717, 1.165) is 25.7 Å². The van der Waals surface area contributed by atoms with Gasteiger partial charge in [0.15, 0.2) is 0 Å². The second-order valence-electron chi connectivity index (χ2n) is 5.19. The summed E-state index contributed by atoms with van der Waals surface area (Å²) >= 11 is 0. The first-order valence-corrected chi connectivity index (χ1v) is 7.12. The Labute approximate surface area is 121 Å². The van der Waals surface area contributed by atoms with Crippen LogP contribution < -0.4 is 0 Å². The highest BCUT2D eigenvalue weighted by Gasteiger charge is 2.41. The highest BCUT2D eigenvalue weighted by Crippen LogP contribution is 2.42. The zero-order valence-electron chi connectivity index (χ0n) is 11.8. The lowest BCUT2D eigenvalue weighted by molar-refractivity contribution is -0.0469. The summed E-state index contributed by atoms with van der Waals surface area (Å²) in [5, 5.41) is 13.7. The summed E-state index contributed by atoms with van der Waals surface area (Å²) in [6, 6.07) is 4.05. The summed E-state index contributed by atoms with van der Waals surface area (Å²) < 4.78 is 24.8. The number of benzene rings is 1. The molecule has 0 bridgehead atoms. The first kappa shape index (κ1) is 14.0. The summed E-state index contributed by atoms with van der Waals surface area (Å²) in [5.74, 6) is -0.407. The van der Waals surface area contributed by atoms with Crippen molar-refractivity contribution < 1.29 is 18.8 Å². The zero-order chi connectivity index (χ0) is 14.9. The fraction of sp³-hybridized carbons (Fsp3) is 0.467. The van der Waals surface area contributed by atoms with Crippen molar-refractivity contribution in [3.05, 3.63) is 29.8 Å². The van der Waals surface area contributed by atoms with Gasteiger partial charge in [0.25, 0.3) is 5.89 Å². The summed E-state index contributed by atoms with van der Waals surface area (Å²) in [6.45, 7) is 2.47. The highest BCUT2D eigenvalue weighted by molar-refractivity contribution is 5.62. The maximum Gasteiger partial charge on any atom is 0.264 e. The molecule has 0 radical (unpaired) electrons. The van der Waals surface area contributed by atoms with Crippen LogP contribution in [0.3, 0.4) is 0 Å². The van der Waals surface area contributed by atoms with Gasteiger partial charge in [-0.2, -0.15) is 4.98 Å². The van der Waals surface area contributed by atoms with Crippen LogP contribution in [0.1, 0.15) is 38.4 Å². The Morgan fingerprint density at radius 1 is 1.38 bits per heavy atom. The average molecular weight is 292 g/mol. The van der Waals surface area contributed by atoms with Crippen LogP contribution in [0, 0.1) is 5.82 Å². The average Bonchev–Trinajstić information content (AvgIpc) is 3.09. The second kappa shape index (κ2) is 5.44. The first-order valence-electron chi connectivity index (χ1n) is 7.12. The molecule has 1 N–H and O–H groups in total. The van der Waals surface area contributed by atoms with Gasteiger partial charge in [-0.3, -0.25) is 0 Å². The number of ether oxygens (including phenoxy) is 1. The van der Waals surface area contributed by atoms with E-state index in [1.165, 1.54) is 18.2 Å². The predicted molar refractivity (Wildman–Crippen MR) is 73.1 cm³/mol. The lowest BCUT2D eigenvalue weighted by Gasteiger charge is -2.24. The third-order valence-corrected chi connectivity index (χ3v) is 3.87. The molecule has 2 aromatic rings. The van der Waals surface area contributed by atoms with Crippen LogP contribution in [0.2, 0.25) is 0 Å². The van der Waals surface area contributed by atoms with E-state index in [-0.39, 0.29) is 17.2 Å². The van der Waals surface area contributed by atoms with E-state index in [9.17, 15) is 9.50 Å². The monoisotopic (exact) mass is 292 g/mol. The molecule has 0 unspecified atom stereocenters. The number of halogens is 1. The third-order valence-electron chi connectivity index (χ3n) is 3.87. The third kappa shape index (κ3) is 2.40. The summed E-state index contributed by atoms with van der Waals surface area (Å²) in [7, 11) is 0. The maximum absolute atomic E-state index is 13.8. The van der Waals surface area contributed by atoms with Crippen LogP contribution in [0.4, 0.5) is 4.39 Å². The molecule has 1 heterocycles. The smallest absolute Gasteiger partial charge is 0.264 e. The Bertz CT molecular complexity index is 615. The van der Waals surface area contributed by atoms with Crippen molar-refractivity contribution in [2.75, 3.05) is 6.61 Å². The highest BCUT2D eigenvalue weighted by atomic mass is 19.1. The number of nitrogens with zero attached hydrogens (tertiary/aromatic N) is 2. The molecular formula is C15H17FN2O3. The Balaban J connectivity index is 2.00. The topological polar surface area (TPSA) is 68.4 Å². The van der Waals surface area contributed by atoms with E-state index >= 15 is 0 Å². The fourth-order valence-corrected chi connectivity index (χ4v) is 2.89. The van der Waals surface area contributed by atoms with Crippen molar-refractivity contribution in [2.45, 2.75) is 38.2 Å². The van der Waals surface area contributed by atoms with Gasteiger partial charge in [-0.05, 0) is 44.7 Å². The Kier molecular flexibility index (Phi) is 3.63. The second-order valence-corrected chi connectivity index (χ2v) is 5.19. The lowest BCUT2D eigenvalue weighted by atomic mass is 10.0. The van der Waals surface area contributed by atoms with Gasteiger partial charge in [0, 0.05) is 6.61 Å². The molecule has 1 aliphatic carbocycles. The van der Waals surface area contributed by atoms with Gasteiger partial charge in [-0.25, -0.2) is 4.39 Å².